The Morgan fingerprint density at radius 2 is 2.44 bits per heavy atom. The number of rotatable bonds is 5. The number of alkyl halides is 1. The van der Waals surface area contributed by atoms with Crippen LogP contribution in [0.15, 0.2) is 12.7 Å². The van der Waals surface area contributed by atoms with Gasteiger partial charge in [-0.1, -0.05) is 6.08 Å². The van der Waals surface area contributed by atoms with Gasteiger partial charge < -0.3 is 10.4 Å². The van der Waals surface area contributed by atoms with Gasteiger partial charge in [-0.25, -0.2) is 4.39 Å². The molecule has 0 aromatic heterocycles. The van der Waals surface area contributed by atoms with E-state index in [1.165, 1.54) is 0 Å². The Bertz CT molecular complexity index is 77.5. The normalized spacial score (nSPS) is 13.1. The summed E-state index contributed by atoms with van der Waals surface area (Å²) in [5, 5.41) is 11.4. The van der Waals surface area contributed by atoms with Crippen LogP contribution < -0.4 is 5.32 Å². The zero-order chi connectivity index (χ0) is 7.11. The highest BCUT2D eigenvalue weighted by Crippen LogP contribution is 1.79. The molecule has 0 aliphatic rings. The summed E-state index contributed by atoms with van der Waals surface area (Å²) in [6.45, 7) is 3.66. The molecule has 1 unspecified atom stereocenters. The summed E-state index contributed by atoms with van der Waals surface area (Å²) in [4.78, 5) is 0. The smallest absolute Gasteiger partial charge is 0.117 e. The largest absolute Gasteiger partial charge is 0.389 e. The predicted octanol–water partition coefficient (Wildman–Crippen LogP) is 0.0924. The Labute approximate surface area is 54.4 Å². The van der Waals surface area contributed by atoms with Gasteiger partial charge in [0.05, 0.1) is 6.10 Å². The number of hydrogen-bond donors (Lipinski definition) is 2. The minimum atomic E-state index is -0.870. The minimum absolute atomic E-state index is 0.294. The number of aliphatic hydroxyl groups is 1. The third kappa shape index (κ3) is 5.46. The maximum atomic E-state index is 11.5. The van der Waals surface area contributed by atoms with Crippen LogP contribution in [-0.2, 0) is 0 Å². The van der Waals surface area contributed by atoms with Crippen molar-refractivity contribution in [1.29, 1.82) is 0 Å². The Hall–Kier alpha value is -0.410. The van der Waals surface area contributed by atoms with Crippen molar-refractivity contribution in [3.63, 3.8) is 0 Å². The average Bonchev–Trinajstić information content (AvgIpc) is 1.89. The molecule has 54 valence electrons. The van der Waals surface area contributed by atoms with Crippen molar-refractivity contribution in [1.82, 2.24) is 5.32 Å². The lowest BCUT2D eigenvalue weighted by Gasteiger charge is -2.04. The van der Waals surface area contributed by atoms with Crippen LogP contribution in [-0.4, -0.2) is 31.0 Å². The van der Waals surface area contributed by atoms with Crippen LogP contribution in [0, 0.1) is 0 Å². The van der Waals surface area contributed by atoms with Crippen LogP contribution in [0.5, 0.6) is 0 Å². The fourth-order valence-corrected chi connectivity index (χ4v) is 0.407. The topological polar surface area (TPSA) is 32.3 Å². The molecule has 0 heterocycles. The molecule has 0 aliphatic carbocycles. The highest BCUT2D eigenvalue weighted by atomic mass is 19.1. The molecular weight excluding hydrogens is 121 g/mol. The van der Waals surface area contributed by atoms with Gasteiger partial charge in [-0.3, -0.25) is 0 Å². The van der Waals surface area contributed by atoms with Crippen LogP contribution >= 0.6 is 0 Å². The van der Waals surface area contributed by atoms with Gasteiger partial charge in [-0.2, -0.15) is 0 Å². The van der Waals surface area contributed by atoms with Gasteiger partial charge in [0, 0.05) is 13.1 Å². The summed E-state index contributed by atoms with van der Waals surface area (Å²) in [5.41, 5.74) is 0. The zero-order valence-corrected chi connectivity index (χ0v) is 5.31. The molecule has 9 heavy (non-hydrogen) atoms. The SMILES string of the molecule is C=CCNCC(O)CF. The number of aliphatic hydroxyl groups excluding tert-OH is 1. The Kier molecular flexibility index (Phi) is 5.46. The average molecular weight is 133 g/mol. The monoisotopic (exact) mass is 133 g/mol. The molecule has 0 saturated heterocycles. The van der Waals surface area contributed by atoms with E-state index in [1.54, 1.807) is 6.08 Å². The van der Waals surface area contributed by atoms with E-state index >= 15 is 0 Å². The third-order valence-corrected chi connectivity index (χ3v) is 0.847. The lowest BCUT2D eigenvalue weighted by atomic mass is 10.4. The molecule has 0 rings (SSSR count). The summed E-state index contributed by atoms with van der Waals surface area (Å²) >= 11 is 0. The minimum Gasteiger partial charge on any atom is -0.389 e. The molecule has 0 bridgehead atoms. The molecule has 0 aromatic rings. The molecular formula is C6H12FNO. The van der Waals surface area contributed by atoms with Gasteiger partial charge in [0.1, 0.15) is 6.67 Å². The van der Waals surface area contributed by atoms with E-state index in [2.05, 4.69) is 11.9 Å². The first-order chi connectivity index (χ1) is 4.31. The van der Waals surface area contributed by atoms with Crippen LogP contribution in [0.25, 0.3) is 0 Å². The van der Waals surface area contributed by atoms with Crippen LogP contribution in [0.1, 0.15) is 0 Å². The molecule has 1 atom stereocenters. The first kappa shape index (κ1) is 8.59. The molecule has 0 aliphatic heterocycles. The van der Waals surface area contributed by atoms with E-state index in [4.69, 9.17) is 5.11 Å². The van der Waals surface area contributed by atoms with Crippen LogP contribution in [0.2, 0.25) is 0 Å². The van der Waals surface area contributed by atoms with E-state index < -0.39 is 12.8 Å². The van der Waals surface area contributed by atoms with Crippen molar-refractivity contribution in [2.75, 3.05) is 19.8 Å². The van der Waals surface area contributed by atoms with E-state index in [-0.39, 0.29) is 0 Å². The van der Waals surface area contributed by atoms with E-state index in [0.29, 0.717) is 13.1 Å². The Balaban J connectivity index is 2.96. The predicted molar refractivity (Wildman–Crippen MR) is 35.0 cm³/mol. The van der Waals surface area contributed by atoms with Gasteiger partial charge >= 0.3 is 0 Å². The first-order valence-electron chi connectivity index (χ1n) is 2.87. The summed E-state index contributed by atoms with van der Waals surface area (Å²) in [6.07, 6.45) is 0.787. The molecule has 0 aromatic carbocycles. The first-order valence-corrected chi connectivity index (χ1v) is 2.87. The van der Waals surface area contributed by atoms with Crippen LogP contribution in [0.3, 0.4) is 0 Å². The molecule has 0 fully saturated rings. The van der Waals surface area contributed by atoms with Gasteiger partial charge in [0.25, 0.3) is 0 Å². The fourth-order valence-electron chi connectivity index (χ4n) is 0.407. The molecule has 3 heteroatoms. The van der Waals surface area contributed by atoms with Crippen molar-refractivity contribution in [2.24, 2.45) is 0 Å². The van der Waals surface area contributed by atoms with Crippen molar-refractivity contribution in [3.05, 3.63) is 12.7 Å². The summed E-state index contributed by atoms with van der Waals surface area (Å²) in [6, 6.07) is 0. The number of halogens is 1. The maximum Gasteiger partial charge on any atom is 0.117 e. The fraction of sp³-hybridized carbons (Fsp3) is 0.667. The lowest BCUT2D eigenvalue weighted by Crippen LogP contribution is -2.28. The zero-order valence-electron chi connectivity index (χ0n) is 5.31. The van der Waals surface area contributed by atoms with Gasteiger partial charge in [0.15, 0.2) is 0 Å². The van der Waals surface area contributed by atoms with Gasteiger partial charge in [-0.15, -0.1) is 6.58 Å². The second-order valence-corrected chi connectivity index (χ2v) is 1.76. The molecule has 2 N–H and O–H groups in total. The second-order valence-electron chi connectivity index (χ2n) is 1.76. The quantitative estimate of drug-likeness (QED) is 0.411. The van der Waals surface area contributed by atoms with Gasteiger partial charge in [0.2, 0.25) is 0 Å². The highest BCUT2D eigenvalue weighted by Gasteiger charge is 1.98. The van der Waals surface area contributed by atoms with Crippen molar-refractivity contribution in [2.45, 2.75) is 6.10 Å². The summed E-state index contributed by atoms with van der Waals surface area (Å²) < 4.78 is 11.5. The molecule has 0 spiro atoms. The van der Waals surface area contributed by atoms with Crippen molar-refractivity contribution >= 4 is 0 Å². The summed E-state index contributed by atoms with van der Waals surface area (Å²) in [5.74, 6) is 0. The highest BCUT2D eigenvalue weighted by molar-refractivity contribution is 4.70. The Morgan fingerprint density at radius 1 is 1.78 bits per heavy atom. The lowest BCUT2D eigenvalue weighted by molar-refractivity contribution is 0.139. The van der Waals surface area contributed by atoms with Crippen LogP contribution in [0.4, 0.5) is 4.39 Å². The standard InChI is InChI=1S/C6H12FNO/c1-2-3-8-5-6(9)4-7/h2,6,8-9H,1,3-5H2. The van der Waals surface area contributed by atoms with Crippen molar-refractivity contribution < 1.29 is 9.50 Å². The summed E-state index contributed by atoms with van der Waals surface area (Å²) in [7, 11) is 0. The van der Waals surface area contributed by atoms with E-state index in [9.17, 15) is 4.39 Å². The molecule has 0 saturated carbocycles. The van der Waals surface area contributed by atoms with Crippen molar-refractivity contribution in [3.8, 4) is 0 Å². The Morgan fingerprint density at radius 3 is 2.89 bits per heavy atom. The second kappa shape index (κ2) is 5.72. The van der Waals surface area contributed by atoms with E-state index in [1.807, 2.05) is 0 Å². The van der Waals surface area contributed by atoms with Gasteiger partial charge in [-0.05, 0) is 0 Å². The number of nitrogens with one attached hydrogen (secondary N) is 1. The number of hydrogen-bond acceptors (Lipinski definition) is 2. The third-order valence-electron chi connectivity index (χ3n) is 0.847. The molecule has 0 radical (unpaired) electrons. The maximum absolute atomic E-state index is 11.5. The molecule has 2 nitrogen and oxygen atoms in total. The van der Waals surface area contributed by atoms with E-state index in [0.717, 1.165) is 0 Å². The molecule has 0 amide bonds.